The molecule has 0 heterocycles. The molecule has 0 spiro atoms. The fourth-order valence-corrected chi connectivity index (χ4v) is 3.99. The molecule has 0 saturated carbocycles. The lowest BCUT2D eigenvalue weighted by Crippen LogP contribution is -2.47. The van der Waals surface area contributed by atoms with E-state index in [9.17, 15) is 18.0 Å². The quantitative estimate of drug-likeness (QED) is 0.609. The Morgan fingerprint density at radius 3 is 2.21 bits per heavy atom. The number of carbonyl (C=O) groups excluding carboxylic acids is 2. The maximum atomic E-state index is 12.8. The molecule has 0 aromatic heterocycles. The summed E-state index contributed by atoms with van der Waals surface area (Å²) in [6.45, 7) is 4.85. The molecular formula is C20H25N3O5S. The molecule has 9 heteroatoms. The van der Waals surface area contributed by atoms with Gasteiger partial charge in [-0.1, -0.05) is 32.0 Å². The third-order valence-electron chi connectivity index (χ3n) is 4.06. The van der Waals surface area contributed by atoms with Crippen molar-refractivity contribution in [3.8, 4) is 5.75 Å². The molecule has 0 saturated heterocycles. The molecule has 8 nitrogen and oxygen atoms in total. The first-order valence-corrected chi connectivity index (χ1v) is 10.5. The SMILES string of the molecule is COc1ccc(NC(=O)C(NS(=O)(=O)c2ccccc2)C(C)C)cc1NC(C)=O. The van der Waals surface area contributed by atoms with Gasteiger partial charge in [0.25, 0.3) is 0 Å². The molecular weight excluding hydrogens is 394 g/mol. The van der Waals surface area contributed by atoms with Crippen molar-refractivity contribution in [1.82, 2.24) is 4.72 Å². The Hall–Kier alpha value is -2.91. The Bertz CT molecular complexity index is 975. The first-order chi connectivity index (χ1) is 13.6. The van der Waals surface area contributed by atoms with Crippen LogP contribution in [0.3, 0.4) is 0 Å². The van der Waals surface area contributed by atoms with Crippen molar-refractivity contribution >= 4 is 33.2 Å². The van der Waals surface area contributed by atoms with E-state index < -0.39 is 22.0 Å². The van der Waals surface area contributed by atoms with Crippen molar-refractivity contribution in [2.24, 2.45) is 5.92 Å². The van der Waals surface area contributed by atoms with Crippen LogP contribution in [0.1, 0.15) is 20.8 Å². The molecule has 2 amide bonds. The lowest BCUT2D eigenvalue weighted by molar-refractivity contribution is -0.118. The molecule has 3 N–H and O–H groups in total. The molecule has 156 valence electrons. The molecule has 29 heavy (non-hydrogen) atoms. The van der Waals surface area contributed by atoms with Gasteiger partial charge in [0.2, 0.25) is 21.8 Å². The van der Waals surface area contributed by atoms with E-state index in [0.29, 0.717) is 17.1 Å². The zero-order chi connectivity index (χ0) is 21.6. The summed E-state index contributed by atoms with van der Waals surface area (Å²) in [7, 11) is -2.40. The fraction of sp³-hybridized carbons (Fsp3) is 0.300. The molecule has 0 aliphatic carbocycles. The summed E-state index contributed by atoms with van der Waals surface area (Å²) in [6.07, 6.45) is 0. The first kappa shape index (κ1) is 22.4. The molecule has 0 bridgehead atoms. The van der Waals surface area contributed by atoms with Gasteiger partial charge in [-0.05, 0) is 36.2 Å². The molecule has 1 unspecified atom stereocenters. The van der Waals surface area contributed by atoms with Gasteiger partial charge in [0.05, 0.1) is 17.7 Å². The molecule has 0 aliphatic rings. The minimum atomic E-state index is -3.86. The summed E-state index contributed by atoms with van der Waals surface area (Å²) < 4.78 is 32.9. The maximum absolute atomic E-state index is 12.8. The third-order valence-corrected chi connectivity index (χ3v) is 5.52. The summed E-state index contributed by atoms with van der Waals surface area (Å²) in [5.74, 6) is -0.675. The van der Waals surface area contributed by atoms with Crippen molar-refractivity contribution in [2.45, 2.75) is 31.7 Å². The predicted molar refractivity (Wildman–Crippen MR) is 111 cm³/mol. The Labute approximate surface area is 170 Å². The van der Waals surface area contributed by atoms with E-state index in [2.05, 4.69) is 15.4 Å². The van der Waals surface area contributed by atoms with Crippen molar-refractivity contribution in [1.29, 1.82) is 0 Å². The van der Waals surface area contributed by atoms with E-state index in [-0.39, 0.29) is 16.7 Å². The van der Waals surface area contributed by atoms with Crippen LogP contribution in [-0.4, -0.2) is 33.4 Å². The number of nitrogens with one attached hydrogen (secondary N) is 3. The topological polar surface area (TPSA) is 114 Å². The van der Waals surface area contributed by atoms with Crippen LogP contribution in [0.15, 0.2) is 53.4 Å². The Balaban J connectivity index is 2.23. The van der Waals surface area contributed by atoms with E-state index in [1.165, 1.54) is 26.2 Å². The zero-order valence-corrected chi connectivity index (χ0v) is 17.5. The van der Waals surface area contributed by atoms with Gasteiger partial charge in [0, 0.05) is 12.6 Å². The first-order valence-electron chi connectivity index (χ1n) is 8.98. The van der Waals surface area contributed by atoms with Crippen LogP contribution in [0.25, 0.3) is 0 Å². The largest absolute Gasteiger partial charge is 0.495 e. The van der Waals surface area contributed by atoms with Gasteiger partial charge in [-0.2, -0.15) is 4.72 Å². The molecule has 2 aromatic carbocycles. The van der Waals surface area contributed by atoms with Crippen LogP contribution in [0.4, 0.5) is 11.4 Å². The van der Waals surface area contributed by atoms with E-state index in [1.54, 1.807) is 50.2 Å². The highest BCUT2D eigenvalue weighted by atomic mass is 32.2. The maximum Gasteiger partial charge on any atom is 0.242 e. The van der Waals surface area contributed by atoms with Crippen LogP contribution < -0.4 is 20.1 Å². The van der Waals surface area contributed by atoms with Crippen LogP contribution in [0.2, 0.25) is 0 Å². The highest BCUT2D eigenvalue weighted by Gasteiger charge is 2.28. The number of amides is 2. The average molecular weight is 420 g/mol. The van der Waals surface area contributed by atoms with Gasteiger partial charge < -0.3 is 15.4 Å². The van der Waals surface area contributed by atoms with E-state index >= 15 is 0 Å². The summed E-state index contributed by atoms with van der Waals surface area (Å²) in [5.41, 5.74) is 0.785. The smallest absolute Gasteiger partial charge is 0.242 e. The second-order valence-electron chi connectivity index (χ2n) is 6.74. The lowest BCUT2D eigenvalue weighted by Gasteiger charge is -2.22. The molecule has 1 atom stereocenters. The van der Waals surface area contributed by atoms with Gasteiger partial charge in [0.1, 0.15) is 11.8 Å². The minimum absolute atomic E-state index is 0.0795. The lowest BCUT2D eigenvalue weighted by atomic mass is 10.0. The van der Waals surface area contributed by atoms with Gasteiger partial charge >= 0.3 is 0 Å². The molecule has 0 fully saturated rings. The highest BCUT2D eigenvalue weighted by molar-refractivity contribution is 7.89. The number of methoxy groups -OCH3 is 1. The van der Waals surface area contributed by atoms with Crippen LogP contribution in [0.5, 0.6) is 5.75 Å². The molecule has 2 aromatic rings. The van der Waals surface area contributed by atoms with Crippen LogP contribution >= 0.6 is 0 Å². The standard InChI is InChI=1S/C20H25N3O5S/c1-13(2)19(23-29(26,27)16-8-6-5-7-9-16)20(25)22-15-10-11-18(28-4)17(12-15)21-14(3)24/h5-13,19,23H,1-4H3,(H,21,24)(H,22,25). The fourth-order valence-electron chi connectivity index (χ4n) is 2.62. The Morgan fingerprint density at radius 2 is 1.66 bits per heavy atom. The second-order valence-corrected chi connectivity index (χ2v) is 8.46. The number of benzene rings is 2. The molecule has 0 radical (unpaired) electrons. The summed E-state index contributed by atoms with van der Waals surface area (Å²) in [5, 5.41) is 5.31. The number of hydrogen-bond acceptors (Lipinski definition) is 5. The van der Waals surface area contributed by atoms with E-state index in [4.69, 9.17) is 4.74 Å². The van der Waals surface area contributed by atoms with Crippen molar-refractivity contribution in [3.63, 3.8) is 0 Å². The number of sulfonamides is 1. The number of ether oxygens (including phenoxy) is 1. The van der Waals surface area contributed by atoms with Gasteiger partial charge in [-0.3, -0.25) is 9.59 Å². The summed E-state index contributed by atoms with van der Waals surface area (Å²) in [4.78, 5) is 24.2. The van der Waals surface area contributed by atoms with Crippen LogP contribution in [0, 0.1) is 5.92 Å². The monoisotopic (exact) mass is 419 g/mol. The number of carbonyl (C=O) groups is 2. The van der Waals surface area contributed by atoms with Gasteiger partial charge in [-0.25, -0.2) is 8.42 Å². The highest BCUT2D eigenvalue weighted by Crippen LogP contribution is 2.28. The van der Waals surface area contributed by atoms with E-state index in [0.717, 1.165) is 0 Å². The van der Waals surface area contributed by atoms with Crippen molar-refractivity contribution in [3.05, 3.63) is 48.5 Å². The zero-order valence-electron chi connectivity index (χ0n) is 16.7. The van der Waals surface area contributed by atoms with Crippen molar-refractivity contribution in [2.75, 3.05) is 17.7 Å². The number of hydrogen-bond donors (Lipinski definition) is 3. The van der Waals surface area contributed by atoms with E-state index in [1.807, 2.05) is 0 Å². The minimum Gasteiger partial charge on any atom is -0.495 e. The normalized spacial score (nSPS) is 12.3. The Kier molecular flexibility index (Phi) is 7.35. The third kappa shape index (κ3) is 6.03. The van der Waals surface area contributed by atoms with Gasteiger partial charge in [-0.15, -0.1) is 0 Å². The number of anilines is 2. The molecule has 2 rings (SSSR count). The second kappa shape index (κ2) is 9.53. The predicted octanol–water partition coefficient (Wildman–Crippen LogP) is 2.60. The summed E-state index contributed by atoms with van der Waals surface area (Å²) >= 11 is 0. The van der Waals surface area contributed by atoms with Gasteiger partial charge in [0.15, 0.2) is 0 Å². The number of rotatable bonds is 8. The summed E-state index contributed by atoms with van der Waals surface area (Å²) in [6, 6.07) is 11.6. The Morgan fingerprint density at radius 1 is 1.00 bits per heavy atom. The van der Waals surface area contributed by atoms with Crippen LogP contribution in [-0.2, 0) is 19.6 Å². The average Bonchev–Trinajstić information content (AvgIpc) is 2.66. The van der Waals surface area contributed by atoms with Crippen molar-refractivity contribution < 1.29 is 22.7 Å². The molecule has 0 aliphatic heterocycles.